The minimum Gasteiger partial charge on any atom is -0.456 e. The number of hydrogen-bond donors (Lipinski definition) is 0. The summed E-state index contributed by atoms with van der Waals surface area (Å²) in [4.78, 5) is 24.0. The van der Waals surface area contributed by atoms with Gasteiger partial charge in [0.1, 0.15) is 11.2 Å². The number of hydrogen-bond acceptors (Lipinski definition) is 4. The van der Waals surface area contributed by atoms with Gasteiger partial charge >= 0.3 is 11.9 Å². The van der Waals surface area contributed by atoms with E-state index in [0.29, 0.717) is 16.7 Å². The van der Waals surface area contributed by atoms with Crippen LogP contribution < -0.4 is 0 Å². The minimum absolute atomic E-state index is 0.393. The Balaban J connectivity index is 2.96. The van der Waals surface area contributed by atoms with E-state index in [2.05, 4.69) is 0 Å². The maximum absolute atomic E-state index is 12.1. The fraction of sp³-hybridized carbons (Fsp3) is 0.529. The van der Waals surface area contributed by atoms with Gasteiger partial charge in [-0.15, -0.1) is 0 Å². The number of rotatable bonds is 2. The average Bonchev–Trinajstić information content (AvgIpc) is 2.23. The van der Waals surface area contributed by atoms with Crippen molar-refractivity contribution in [1.29, 1.82) is 0 Å². The number of ether oxygens (including phenoxy) is 2. The molecule has 0 bridgehead atoms. The van der Waals surface area contributed by atoms with Gasteiger partial charge in [0.25, 0.3) is 0 Å². The van der Waals surface area contributed by atoms with Crippen molar-refractivity contribution in [3.8, 4) is 0 Å². The molecule has 1 aromatic rings. The fourth-order valence-corrected chi connectivity index (χ4v) is 1.69. The first-order valence-electron chi connectivity index (χ1n) is 6.96. The first-order chi connectivity index (χ1) is 9.39. The van der Waals surface area contributed by atoms with Gasteiger partial charge in [0.15, 0.2) is 0 Å². The van der Waals surface area contributed by atoms with E-state index < -0.39 is 23.1 Å². The monoisotopic (exact) mass is 292 g/mol. The van der Waals surface area contributed by atoms with Crippen molar-refractivity contribution in [2.24, 2.45) is 0 Å². The molecule has 0 aliphatic carbocycles. The van der Waals surface area contributed by atoms with E-state index in [1.54, 1.807) is 25.1 Å². The van der Waals surface area contributed by atoms with Crippen LogP contribution in [-0.2, 0) is 9.47 Å². The lowest BCUT2D eigenvalue weighted by atomic mass is 10.0. The summed E-state index contributed by atoms with van der Waals surface area (Å²) < 4.78 is 10.6. The molecule has 0 saturated heterocycles. The maximum Gasteiger partial charge on any atom is 0.338 e. The first kappa shape index (κ1) is 17.2. The summed E-state index contributed by atoms with van der Waals surface area (Å²) in [7, 11) is 0. The van der Waals surface area contributed by atoms with Crippen LogP contribution in [-0.4, -0.2) is 23.1 Å². The highest BCUT2D eigenvalue weighted by molar-refractivity contribution is 5.95. The molecule has 0 aliphatic rings. The molecule has 1 rings (SSSR count). The highest BCUT2D eigenvalue weighted by Gasteiger charge is 2.22. The third-order valence-electron chi connectivity index (χ3n) is 2.48. The lowest BCUT2D eigenvalue weighted by Gasteiger charge is -2.21. The van der Waals surface area contributed by atoms with Crippen LogP contribution in [0.15, 0.2) is 18.2 Å². The highest BCUT2D eigenvalue weighted by Crippen LogP contribution is 2.18. The van der Waals surface area contributed by atoms with E-state index >= 15 is 0 Å². The zero-order chi connectivity index (χ0) is 16.4. The summed E-state index contributed by atoms with van der Waals surface area (Å²) in [5, 5.41) is 0. The Morgan fingerprint density at radius 2 is 1.33 bits per heavy atom. The smallest absolute Gasteiger partial charge is 0.338 e. The van der Waals surface area contributed by atoms with Crippen molar-refractivity contribution >= 4 is 11.9 Å². The Labute approximate surface area is 126 Å². The van der Waals surface area contributed by atoms with Gasteiger partial charge in [-0.25, -0.2) is 9.59 Å². The van der Waals surface area contributed by atoms with E-state index in [0.717, 1.165) is 0 Å². The summed E-state index contributed by atoms with van der Waals surface area (Å²) >= 11 is 0. The van der Waals surface area contributed by atoms with E-state index in [1.807, 2.05) is 41.5 Å². The molecule has 0 radical (unpaired) electrons. The second-order valence-electron chi connectivity index (χ2n) is 7.03. The Bertz CT molecular complexity index is 545. The molecule has 4 heteroatoms. The molecular formula is C17H24O4. The average molecular weight is 292 g/mol. The number of aryl methyl sites for hydroxylation is 1. The highest BCUT2D eigenvalue weighted by atomic mass is 16.6. The summed E-state index contributed by atoms with van der Waals surface area (Å²) in [5.74, 6) is -0.794. The maximum atomic E-state index is 12.1. The molecule has 0 heterocycles. The summed E-state index contributed by atoms with van der Waals surface area (Å²) in [6.45, 7) is 12.7. The lowest BCUT2D eigenvalue weighted by molar-refractivity contribution is 0.00511. The van der Waals surface area contributed by atoms with Crippen molar-refractivity contribution in [3.63, 3.8) is 0 Å². The number of carbonyl (C=O) groups excluding carboxylic acids is 2. The molecule has 0 saturated carbocycles. The molecule has 0 N–H and O–H groups in total. The predicted molar refractivity (Wildman–Crippen MR) is 81.5 cm³/mol. The van der Waals surface area contributed by atoms with Crippen molar-refractivity contribution in [1.82, 2.24) is 0 Å². The topological polar surface area (TPSA) is 52.6 Å². The largest absolute Gasteiger partial charge is 0.456 e. The second kappa shape index (κ2) is 5.88. The normalized spacial score (nSPS) is 12.0. The molecule has 0 unspecified atom stereocenters. The molecule has 21 heavy (non-hydrogen) atoms. The van der Waals surface area contributed by atoms with Crippen LogP contribution in [0.4, 0.5) is 0 Å². The molecule has 0 spiro atoms. The van der Waals surface area contributed by atoms with Crippen molar-refractivity contribution in [3.05, 3.63) is 34.9 Å². The zero-order valence-corrected chi connectivity index (χ0v) is 13.9. The van der Waals surface area contributed by atoms with Crippen LogP contribution in [0, 0.1) is 6.92 Å². The van der Waals surface area contributed by atoms with Crippen molar-refractivity contribution in [2.45, 2.75) is 59.7 Å². The molecule has 1 aromatic carbocycles. The van der Waals surface area contributed by atoms with E-state index in [1.165, 1.54) is 0 Å². The Morgan fingerprint density at radius 3 is 1.76 bits per heavy atom. The standard InChI is InChI=1S/C17H24O4/c1-11-10-12(14(18)20-16(2,3)4)8-9-13(11)15(19)21-17(5,6)7/h8-10H,1-7H3. The van der Waals surface area contributed by atoms with Crippen LogP contribution in [0.2, 0.25) is 0 Å². The summed E-state index contributed by atoms with van der Waals surface area (Å²) in [5.41, 5.74) is 0.474. The first-order valence-corrected chi connectivity index (χ1v) is 6.96. The molecule has 0 aromatic heterocycles. The lowest BCUT2D eigenvalue weighted by Crippen LogP contribution is -2.25. The minimum atomic E-state index is -0.548. The number of esters is 2. The Kier molecular flexibility index (Phi) is 4.82. The van der Waals surface area contributed by atoms with Gasteiger partial charge in [-0.05, 0) is 72.2 Å². The van der Waals surface area contributed by atoms with Crippen LogP contribution in [0.5, 0.6) is 0 Å². The molecule has 4 nitrogen and oxygen atoms in total. The third-order valence-corrected chi connectivity index (χ3v) is 2.48. The van der Waals surface area contributed by atoms with Crippen LogP contribution >= 0.6 is 0 Å². The van der Waals surface area contributed by atoms with E-state index in [-0.39, 0.29) is 0 Å². The molecule has 0 fully saturated rings. The quantitative estimate of drug-likeness (QED) is 0.776. The van der Waals surface area contributed by atoms with Crippen LogP contribution in [0.1, 0.15) is 67.8 Å². The van der Waals surface area contributed by atoms with Gasteiger partial charge in [-0.1, -0.05) is 0 Å². The number of carbonyl (C=O) groups is 2. The Morgan fingerprint density at radius 1 is 0.857 bits per heavy atom. The number of benzene rings is 1. The van der Waals surface area contributed by atoms with Crippen LogP contribution in [0.3, 0.4) is 0 Å². The fourth-order valence-electron chi connectivity index (χ4n) is 1.69. The summed E-state index contributed by atoms with van der Waals surface area (Å²) in [6.07, 6.45) is 0. The van der Waals surface area contributed by atoms with Gasteiger partial charge in [0.05, 0.1) is 11.1 Å². The van der Waals surface area contributed by atoms with E-state index in [4.69, 9.17) is 9.47 Å². The zero-order valence-electron chi connectivity index (χ0n) is 13.9. The summed E-state index contributed by atoms with van der Waals surface area (Å²) in [6, 6.07) is 4.83. The van der Waals surface area contributed by atoms with Gasteiger partial charge in [0.2, 0.25) is 0 Å². The van der Waals surface area contributed by atoms with Gasteiger partial charge in [0, 0.05) is 0 Å². The van der Waals surface area contributed by atoms with Gasteiger partial charge < -0.3 is 9.47 Å². The SMILES string of the molecule is Cc1cc(C(=O)OC(C)(C)C)ccc1C(=O)OC(C)(C)C. The van der Waals surface area contributed by atoms with Gasteiger partial charge in [-0.3, -0.25) is 0 Å². The van der Waals surface area contributed by atoms with Crippen LogP contribution in [0.25, 0.3) is 0 Å². The van der Waals surface area contributed by atoms with Crippen molar-refractivity contribution in [2.75, 3.05) is 0 Å². The molecule has 0 amide bonds. The second-order valence-corrected chi connectivity index (χ2v) is 7.03. The molecular weight excluding hydrogens is 268 g/mol. The molecule has 116 valence electrons. The van der Waals surface area contributed by atoms with Gasteiger partial charge in [-0.2, -0.15) is 0 Å². The third kappa shape index (κ3) is 5.58. The van der Waals surface area contributed by atoms with Crippen molar-refractivity contribution < 1.29 is 19.1 Å². The Hall–Kier alpha value is -1.84. The van der Waals surface area contributed by atoms with E-state index in [9.17, 15) is 9.59 Å². The molecule has 0 aliphatic heterocycles. The molecule has 0 atom stereocenters. The predicted octanol–water partition coefficient (Wildman–Crippen LogP) is 3.91.